The summed E-state index contributed by atoms with van der Waals surface area (Å²) in [5.74, 6) is 6.32. The average molecular weight is 541 g/mol. The molecule has 0 spiro atoms. The first-order valence-corrected chi connectivity index (χ1v) is 13.0. The molecule has 38 heavy (non-hydrogen) atoms. The Bertz CT molecular complexity index is 1440. The number of ether oxygens (including phenoxy) is 1. The van der Waals surface area contributed by atoms with Crippen LogP contribution in [0.2, 0.25) is 0 Å². The first kappa shape index (κ1) is 27.0. The Morgan fingerprint density at radius 2 is 2.13 bits per heavy atom. The van der Waals surface area contributed by atoms with Gasteiger partial charge in [-0.05, 0) is 37.0 Å². The Hall–Kier alpha value is -4.04. The van der Waals surface area contributed by atoms with Crippen LogP contribution in [0.1, 0.15) is 49.0 Å². The van der Waals surface area contributed by atoms with Crippen LogP contribution in [0.15, 0.2) is 48.8 Å². The molecule has 11 heteroatoms. The van der Waals surface area contributed by atoms with Crippen LogP contribution in [0, 0.1) is 17.8 Å². The second-order valence-corrected chi connectivity index (χ2v) is 9.39. The minimum absolute atomic E-state index is 0. The molecule has 0 saturated heterocycles. The second kappa shape index (κ2) is 12.0. The lowest BCUT2D eigenvalue weighted by Crippen LogP contribution is -2.33. The number of dihydropyridines is 1. The van der Waals surface area contributed by atoms with E-state index in [1.54, 1.807) is 6.07 Å². The zero-order valence-corrected chi connectivity index (χ0v) is 22.3. The van der Waals surface area contributed by atoms with Gasteiger partial charge < -0.3 is 14.6 Å². The minimum atomic E-state index is -2.65. The summed E-state index contributed by atoms with van der Waals surface area (Å²) in [6.45, 7) is 4.00. The van der Waals surface area contributed by atoms with Gasteiger partial charge in [0.2, 0.25) is 5.13 Å². The molecule has 8 nitrogen and oxygen atoms in total. The smallest absolute Gasteiger partial charge is 0.261 e. The Kier molecular flexibility index (Phi) is 8.53. The van der Waals surface area contributed by atoms with E-state index in [0.717, 1.165) is 18.4 Å². The van der Waals surface area contributed by atoms with Crippen molar-refractivity contribution >= 4 is 27.9 Å². The van der Waals surface area contributed by atoms with Gasteiger partial charge in [-0.1, -0.05) is 31.1 Å². The van der Waals surface area contributed by atoms with Crippen LogP contribution < -0.4 is 10.6 Å². The maximum atomic E-state index is 13.6. The summed E-state index contributed by atoms with van der Waals surface area (Å²) in [7, 11) is 3.32. The van der Waals surface area contributed by atoms with E-state index in [9.17, 15) is 13.6 Å². The number of halogens is 2. The summed E-state index contributed by atoms with van der Waals surface area (Å²) in [5, 5.41) is 14.2. The van der Waals surface area contributed by atoms with E-state index in [1.807, 2.05) is 43.9 Å². The summed E-state index contributed by atoms with van der Waals surface area (Å²) in [6, 6.07) is 2.34. The van der Waals surface area contributed by atoms with Crippen LogP contribution in [0.4, 0.5) is 13.9 Å². The number of nitrogens with one attached hydrogen (secondary N) is 2. The number of methoxy groups -OCH3 is 1. The van der Waals surface area contributed by atoms with Gasteiger partial charge >= 0.3 is 0 Å². The van der Waals surface area contributed by atoms with E-state index >= 15 is 0 Å². The molecule has 1 aliphatic carbocycles. The molecule has 1 amide bonds. The molecule has 200 valence electrons. The van der Waals surface area contributed by atoms with Crippen LogP contribution in [0.3, 0.4) is 0 Å². The highest BCUT2D eigenvalue weighted by molar-refractivity contribution is 7.15. The molecule has 5 rings (SSSR count). The maximum Gasteiger partial charge on any atom is 0.261 e. The molecule has 1 unspecified atom stereocenters. The molecule has 0 aromatic carbocycles. The van der Waals surface area contributed by atoms with Crippen molar-refractivity contribution in [3.63, 3.8) is 0 Å². The Balaban J connectivity index is 0.00000137. The van der Waals surface area contributed by atoms with E-state index in [-0.39, 0.29) is 12.1 Å². The van der Waals surface area contributed by atoms with Crippen molar-refractivity contribution in [1.29, 1.82) is 0 Å². The normalized spacial score (nSPS) is 16.2. The number of hydrogen-bond donors (Lipinski definition) is 2. The van der Waals surface area contributed by atoms with Crippen molar-refractivity contribution in [1.82, 2.24) is 25.1 Å². The summed E-state index contributed by atoms with van der Waals surface area (Å²) in [5.41, 5.74) is 2.34. The molecular weight excluding hydrogens is 510 g/mol. The number of pyridine rings is 1. The Morgan fingerprint density at radius 3 is 2.79 bits per heavy atom. The zero-order valence-electron chi connectivity index (χ0n) is 21.5. The van der Waals surface area contributed by atoms with Gasteiger partial charge in [-0.15, -0.1) is 10.2 Å². The zero-order chi connectivity index (χ0) is 27.2. The Morgan fingerprint density at radius 1 is 1.34 bits per heavy atom. The highest BCUT2D eigenvalue weighted by atomic mass is 32.1. The summed E-state index contributed by atoms with van der Waals surface area (Å²) >= 11 is 1.17. The van der Waals surface area contributed by atoms with Gasteiger partial charge in [-0.3, -0.25) is 15.1 Å². The van der Waals surface area contributed by atoms with Crippen LogP contribution in [-0.2, 0) is 11.8 Å². The fourth-order valence-corrected chi connectivity index (χ4v) is 4.25. The number of rotatable bonds is 6. The first-order chi connectivity index (χ1) is 18.4. The van der Waals surface area contributed by atoms with E-state index in [4.69, 9.17) is 4.74 Å². The third kappa shape index (κ3) is 6.26. The first-order valence-electron chi connectivity index (χ1n) is 12.2. The topological polar surface area (TPSA) is 94.0 Å². The van der Waals surface area contributed by atoms with E-state index in [0.29, 0.717) is 33.5 Å². The molecule has 3 aromatic rings. The quantitative estimate of drug-likeness (QED) is 0.411. The molecule has 0 radical (unpaired) electrons. The third-order valence-electron chi connectivity index (χ3n) is 5.68. The maximum absolute atomic E-state index is 13.6. The van der Waals surface area contributed by atoms with Gasteiger partial charge in [0.15, 0.2) is 5.01 Å². The van der Waals surface area contributed by atoms with Gasteiger partial charge in [-0.2, -0.15) is 0 Å². The molecule has 1 aliphatic heterocycles. The largest absolute Gasteiger partial charge is 0.495 e. The van der Waals surface area contributed by atoms with Gasteiger partial charge in [0, 0.05) is 55.9 Å². The fourth-order valence-electron chi connectivity index (χ4n) is 3.65. The molecule has 4 heterocycles. The molecule has 3 aromatic heterocycles. The lowest BCUT2D eigenvalue weighted by Gasteiger charge is -2.24. The number of alkyl halides is 2. The monoisotopic (exact) mass is 540 g/mol. The number of anilines is 1. The van der Waals surface area contributed by atoms with Crippen molar-refractivity contribution in [3.05, 3.63) is 64.9 Å². The van der Waals surface area contributed by atoms with E-state index in [2.05, 4.69) is 37.7 Å². The molecule has 0 bridgehead atoms. The van der Waals surface area contributed by atoms with Crippen LogP contribution in [0.25, 0.3) is 16.8 Å². The highest BCUT2D eigenvalue weighted by Gasteiger charge is 2.27. The van der Waals surface area contributed by atoms with Crippen molar-refractivity contribution in [2.45, 2.75) is 39.2 Å². The van der Waals surface area contributed by atoms with Gasteiger partial charge in [0.1, 0.15) is 11.8 Å². The van der Waals surface area contributed by atoms with Crippen molar-refractivity contribution < 1.29 is 19.7 Å². The lowest BCUT2D eigenvalue weighted by atomic mass is 9.94. The number of nitrogens with zero attached hydrogens (tertiary/aromatic N) is 4. The predicted molar refractivity (Wildman–Crippen MR) is 146 cm³/mol. The summed E-state index contributed by atoms with van der Waals surface area (Å²) in [6.07, 6.45) is 7.46. The molecule has 1 saturated carbocycles. The number of aryl methyl sites for hydroxylation is 1. The number of hydrogen-bond acceptors (Lipinski definition) is 7. The molecule has 2 N–H and O–H groups in total. The van der Waals surface area contributed by atoms with Crippen LogP contribution >= 0.6 is 11.3 Å². The van der Waals surface area contributed by atoms with Gasteiger partial charge in [-0.25, -0.2) is 8.78 Å². The molecular formula is C27H30F2N6O2S. The van der Waals surface area contributed by atoms with E-state index in [1.165, 1.54) is 36.9 Å². The fraction of sp³-hybridized carbons (Fsp3) is 0.333. The SMILES string of the molecule is CC.COC1=CNC(C(F)F)C=C1c1cc(-c2ccn(C)c2)ncc1C(=O)Nc1nnc(C#CC2CC2)s1.[HH]. The van der Waals surface area contributed by atoms with Crippen LogP contribution in [0.5, 0.6) is 0 Å². The van der Waals surface area contributed by atoms with Crippen molar-refractivity contribution in [2.24, 2.45) is 13.0 Å². The predicted octanol–water partition coefficient (Wildman–Crippen LogP) is 5.33. The van der Waals surface area contributed by atoms with Crippen molar-refractivity contribution in [2.75, 3.05) is 12.4 Å². The number of carbonyl (C=O) groups is 1. The van der Waals surface area contributed by atoms with Crippen LogP contribution in [-0.4, -0.2) is 45.2 Å². The van der Waals surface area contributed by atoms with Crippen molar-refractivity contribution in [3.8, 4) is 23.1 Å². The third-order valence-corrected chi connectivity index (χ3v) is 6.44. The Labute approximate surface area is 225 Å². The molecule has 1 atom stereocenters. The average Bonchev–Trinajstić information content (AvgIpc) is 3.50. The lowest BCUT2D eigenvalue weighted by molar-refractivity contribution is 0.102. The second-order valence-electron chi connectivity index (χ2n) is 8.41. The van der Waals surface area contributed by atoms with E-state index < -0.39 is 18.4 Å². The minimum Gasteiger partial charge on any atom is -0.495 e. The van der Waals surface area contributed by atoms with Gasteiger partial charge in [0.05, 0.1) is 18.4 Å². The standard InChI is InChI=1S/C25H22F2N6O2S.C2H6.H2/c1-33-8-7-15(13-33)19-9-16(17-10-20(23(26)27)29-12-21(17)35-2)18(11-28-19)24(34)30-25-32-31-22(36-25)6-5-14-3-4-14;1-2;/h7-14,20,23,29H,3-4H2,1-2H3,(H,30,32,34);1-2H3;1H. The molecule has 2 aliphatic rings. The highest BCUT2D eigenvalue weighted by Crippen LogP contribution is 2.33. The number of carbonyl (C=O) groups excluding carboxylic acids is 1. The summed E-state index contributed by atoms with van der Waals surface area (Å²) in [4.78, 5) is 17.8. The number of aromatic nitrogens is 4. The number of amides is 1. The molecule has 1 fully saturated rings. The van der Waals surface area contributed by atoms with Gasteiger partial charge in [0.25, 0.3) is 12.3 Å². The number of allylic oxidation sites excluding steroid dienone is 1. The summed E-state index contributed by atoms with van der Waals surface area (Å²) < 4.78 is 34.4.